The van der Waals surface area contributed by atoms with Crippen molar-refractivity contribution in [1.29, 1.82) is 0 Å². The molecule has 1 amide bonds. The standard InChI is InChI=1S/C20H29NO/c1-2-3-7-16-11-13-18(14-12-16)20(22)21-15-6-9-17-8-4-5-10-19(17)21/h4-5,8,10,16,18H,2-3,6-7,9,11-15H2,1H3. The summed E-state index contributed by atoms with van der Waals surface area (Å²) in [5.41, 5.74) is 2.52. The normalized spacial score (nSPS) is 24.9. The third kappa shape index (κ3) is 3.37. The fourth-order valence-corrected chi connectivity index (χ4v) is 4.17. The van der Waals surface area contributed by atoms with E-state index in [2.05, 4.69) is 36.1 Å². The number of rotatable bonds is 4. The van der Waals surface area contributed by atoms with E-state index in [1.54, 1.807) is 0 Å². The highest BCUT2D eigenvalue weighted by Crippen LogP contribution is 2.35. The number of anilines is 1. The first-order chi connectivity index (χ1) is 10.8. The van der Waals surface area contributed by atoms with Crippen LogP contribution in [-0.2, 0) is 11.2 Å². The largest absolute Gasteiger partial charge is 0.312 e. The maximum absolute atomic E-state index is 13.0. The molecule has 3 rings (SSSR count). The summed E-state index contributed by atoms with van der Waals surface area (Å²) in [4.78, 5) is 15.0. The Bertz CT molecular complexity index is 502. The summed E-state index contributed by atoms with van der Waals surface area (Å²) >= 11 is 0. The Morgan fingerprint density at radius 3 is 2.73 bits per heavy atom. The summed E-state index contributed by atoms with van der Waals surface area (Å²) in [5, 5.41) is 0. The molecule has 1 aliphatic heterocycles. The Morgan fingerprint density at radius 2 is 1.95 bits per heavy atom. The zero-order valence-electron chi connectivity index (χ0n) is 13.9. The molecule has 0 N–H and O–H groups in total. The number of nitrogens with zero attached hydrogens (tertiary/aromatic N) is 1. The number of benzene rings is 1. The molecule has 0 aromatic heterocycles. The van der Waals surface area contributed by atoms with Gasteiger partial charge < -0.3 is 4.90 Å². The molecule has 0 bridgehead atoms. The van der Waals surface area contributed by atoms with E-state index < -0.39 is 0 Å². The summed E-state index contributed by atoms with van der Waals surface area (Å²) in [6, 6.07) is 8.45. The molecule has 1 saturated carbocycles. The van der Waals surface area contributed by atoms with Gasteiger partial charge in [0.2, 0.25) is 5.91 Å². The van der Waals surface area contributed by atoms with Gasteiger partial charge in [0.1, 0.15) is 0 Å². The number of carbonyl (C=O) groups excluding carboxylic acids is 1. The van der Waals surface area contributed by atoms with Crippen molar-refractivity contribution in [3.63, 3.8) is 0 Å². The van der Waals surface area contributed by atoms with Crippen LogP contribution in [0.5, 0.6) is 0 Å². The Kier molecular flexibility index (Phi) is 5.17. The number of carbonyl (C=O) groups is 1. The quantitative estimate of drug-likeness (QED) is 0.769. The molecule has 0 radical (unpaired) electrons. The minimum absolute atomic E-state index is 0.268. The fourth-order valence-electron chi connectivity index (χ4n) is 4.17. The summed E-state index contributed by atoms with van der Waals surface area (Å²) in [6.07, 6.45) is 10.9. The second-order valence-electron chi connectivity index (χ2n) is 7.08. The lowest BCUT2D eigenvalue weighted by atomic mass is 9.79. The first kappa shape index (κ1) is 15.6. The van der Waals surface area contributed by atoms with Crippen molar-refractivity contribution in [2.45, 2.75) is 64.7 Å². The van der Waals surface area contributed by atoms with Gasteiger partial charge in [-0.25, -0.2) is 0 Å². The molecule has 0 spiro atoms. The van der Waals surface area contributed by atoms with Crippen LogP contribution in [0.15, 0.2) is 24.3 Å². The molecule has 0 atom stereocenters. The first-order valence-corrected chi connectivity index (χ1v) is 9.19. The third-order valence-electron chi connectivity index (χ3n) is 5.54. The summed E-state index contributed by atoms with van der Waals surface area (Å²) < 4.78 is 0. The summed E-state index contributed by atoms with van der Waals surface area (Å²) in [6.45, 7) is 3.18. The lowest BCUT2D eigenvalue weighted by molar-refractivity contribution is -0.123. The molecule has 0 saturated heterocycles. The molecule has 22 heavy (non-hydrogen) atoms. The van der Waals surface area contributed by atoms with Gasteiger partial charge in [0.25, 0.3) is 0 Å². The molecule has 1 aliphatic carbocycles. The van der Waals surface area contributed by atoms with E-state index in [9.17, 15) is 4.79 Å². The van der Waals surface area contributed by atoms with Crippen molar-refractivity contribution in [2.75, 3.05) is 11.4 Å². The van der Waals surface area contributed by atoms with Gasteiger partial charge in [-0.05, 0) is 56.1 Å². The highest BCUT2D eigenvalue weighted by Gasteiger charge is 2.31. The van der Waals surface area contributed by atoms with E-state index in [1.807, 2.05) is 0 Å². The van der Waals surface area contributed by atoms with Crippen LogP contribution in [0, 0.1) is 11.8 Å². The van der Waals surface area contributed by atoms with Crippen molar-refractivity contribution in [3.05, 3.63) is 29.8 Å². The number of hydrogen-bond donors (Lipinski definition) is 0. The van der Waals surface area contributed by atoms with Crippen LogP contribution < -0.4 is 4.90 Å². The van der Waals surface area contributed by atoms with Gasteiger partial charge in [-0.1, -0.05) is 44.4 Å². The lowest BCUT2D eigenvalue weighted by Crippen LogP contribution is -2.40. The molecule has 120 valence electrons. The molecule has 0 unspecified atom stereocenters. The van der Waals surface area contributed by atoms with Crippen molar-refractivity contribution in [1.82, 2.24) is 0 Å². The molecule has 2 nitrogen and oxygen atoms in total. The van der Waals surface area contributed by atoms with Gasteiger partial charge in [-0.15, -0.1) is 0 Å². The van der Waals surface area contributed by atoms with Crippen LogP contribution in [0.2, 0.25) is 0 Å². The van der Waals surface area contributed by atoms with E-state index in [-0.39, 0.29) is 5.92 Å². The summed E-state index contributed by atoms with van der Waals surface area (Å²) in [7, 11) is 0. The highest BCUT2D eigenvalue weighted by molar-refractivity contribution is 5.96. The van der Waals surface area contributed by atoms with E-state index >= 15 is 0 Å². The second-order valence-corrected chi connectivity index (χ2v) is 7.08. The maximum Gasteiger partial charge on any atom is 0.230 e. The van der Waals surface area contributed by atoms with Crippen LogP contribution in [0.3, 0.4) is 0 Å². The zero-order valence-corrected chi connectivity index (χ0v) is 13.9. The van der Waals surface area contributed by atoms with Gasteiger partial charge in [0.05, 0.1) is 0 Å². The van der Waals surface area contributed by atoms with Crippen LogP contribution in [0.1, 0.15) is 63.9 Å². The van der Waals surface area contributed by atoms with Gasteiger partial charge in [0, 0.05) is 18.2 Å². The van der Waals surface area contributed by atoms with Crippen LogP contribution in [0.25, 0.3) is 0 Å². The van der Waals surface area contributed by atoms with E-state index in [1.165, 1.54) is 43.4 Å². The van der Waals surface area contributed by atoms with Gasteiger partial charge in [0.15, 0.2) is 0 Å². The topological polar surface area (TPSA) is 20.3 Å². The van der Waals surface area contributed by atoms with Crippen molar-refractivity contribution < 1.29 is 4.79 Å². The fraction of sp³-hybridized carbons (Fsp3) is 0.650. The molecule has 2 heteroatoms. The average molecular weight is 299 g/mol. The minimum atomic E-state index is 0.268. The smallest absolute Gasteiger partial charge is 0.230 e. The number of fused-ring (bicyclic) bond motifs is 1. The van der Waals surface area contributed by atoms with Crippen molar-refractivity contribution >= 4 is 11.6 Å². The maximum atomic E-state index is 13.0. The Morgan fingerprint density at radius 1 is 1.18 bits per heavy atom. The zero-order chi connectivity index (χ0) is 15.4. The number of amides is 1. The van der Waals surface area contributed by atoms with Gasteiger partial charge in [-0.2, -0.15) is 0 Å². The van der Waals surface area contributed by atoms with E-state index in [4.69, 9.17) is 0 Å². The molecule has 1 heterocycles. The van der Waals surface area contributed by atoms with Crippen LogP contribution in [0.4, 0.5) is 5.69 Å². The molecular weight excluding hydrogens is 270 g/mol. The second kappa shape index (κ2) is 7.30. The Labute approximate surface area is 134 Å². The Balaban J connectivity index is 1.61. The van der Waals surface area contributed by atoms with Gasteiger partial charge in [-0.3, -0.25) is 4.79 Å². The van der Waals surface area contributed by atoms with E-state index in [0.717, 1.165) is 38.1 Å². The predicted octanol–water partition coefficient (Wildman–Crippen LogP) is 4.96. The lowest BCUT2D eigenvalue weighted by Gasteiger charge is -2.35. The number of unbranched alkanes of at least 4 members (excludes halogenated alkanes) is 1. The van der Waals surface area contributed by atoms with E-state index in [0.29, 0.717) is 5.91 Å². The number of hydrogen-bond acceptors (Lipinski definition) is 1. The minimum Gasteiger partial charge on any atom is -0.312 e. The van der Waals surface area contributed by atoms with Crippen LogP contribution in [-0.4, -0.2) is 12.5 Å². The molecule has 1 aromatic rings. The number of para-hydroxylation sites is 1. The summed E-state index contributed by atoms with van der Waals surface area (Å²) in [5.74, 6) is 1.53. The predicted molar refractivity (Wildman–Crippen MR) is 92.1 cm³/mol. The molecule has 1 aromatic carbocycles. The highest BCUT2D eigenvalue weighted by atomic mass is 16.2. The third-order valence-corrected chi connectivity index (χ3v) is 5.54. The van der Waals surface area contributed by atoms with Crippen molar-refractivity contribution in [2.24, 2.45) is 11.8 Å². The molecular formula is C20H29NO. The van der Waals surface area contributed by atoms with Crippen LogP contribution >= 0.6 is 0 Å². The molecule has 1 fully saturated rings. The molecule has 2 aliphatic rings. The first-order valence-electron chi connectivity index (χ1n) is 9.19. The SMILES string of the molecule is CCCCC1CCC(C(=O)N2CCCc3ccccc32)CC1. The number of aryl methyl sites for hydroxylation is 1. The monoisotopic (exact) mass is 299 g/mol. The van der Waals surface area contributed by atoms with Gasteiger partial charge >= 0.3 is 0 Å². The van der Waals surface area contributed by atoms with Crippen molar-refractivity contribution in [3.8, 4) is 0 Å². The Hall–Kier alpha value is -1.31. The average Bonchev–Trinajstić information content (AvgIpc) is 2.59.